The molecule has 0 aliphatic heterocycles. The Kier molecular flexibility index (Phi) is 16.0. The summed E-state index contributed by atoms with van der Waals surface area (Å²) >= 11 is 0. The van der Waals surface area contributed by atoms with Crippen LogP contribution >= 0.6 is 0 Å². The van der Waals surface area contributed by atoms with E-state index in [0.29, 0.717) is 6.41 Å². The summed E-state index contributed by atoms with van der Waals surface area (Å²) in [5.74, 6) is 5.83. The van der Waals surface area contributed by atoms with Gasteiger partial charge in [0.05, 0.1) is 0 Å². The zero-order valence-corrected chi connectivity index (χ0v) is 3.54. The van der Waals surface area contributed by atoms with Gasteiger partial charge in [-0.2, -0.15) is 0 Å². The molecule has 0 aromatic carbocycles. The van der Waals surface area contributed by atoms with Crippen molar-refractivity contribution in [2.45, 2.75) is 0 Å². The van der Waals surface area contributed by atoms with Gasteiger partial charge >= 0.3 is 0 Å². The molecule has 3 nitrogen and oxygen atoms in total. The molecular weight excluding hydrogens is 111 g/mol. The maximum atomic E-state index is 8.88. The van der Waals surface area contributed by atoms with Crippen LogP contribution in [0.15, 0.2) is 0 Å². The fourth-order valence-corrected chi connectivity index (χ4v) is 0. The number of hydrogen-bond acceptors (Lipinski definition) is 1. The van der Waals surface area contributed by atoms with Gasteiger partial charge in [0, 0.05) is 17.1 Å². The first-order chi connectivity index (χ1) is 1.91. The molecule has 31 valence electrons. The summed E-state index contributed by atoms with van der Waals surface area (Å²) < 4.78 is 0. The first kappa shape index (κ1) is 8.87. The third kappa shape index (κ3) is 16.6. The molecule has 0 aliphatic rings. The van der Waals surface area contributed by atoms with Crippen molar-refractivity contribution < 1.29 is 21.9 Å². The van der Waals surface area contributed by atoms with E-state index in [9.17, 15) is 0 Å². The van der Waals surface area contributed by atoms with E-state index in [-0.39, 0.29) is 17.1 Å². The summed E-state index contributed by atoms with van der Waals surface area (Å²) in [4.78, 5) is 8.88. The SMILES string of the molecule is [Mn].[NH-]NC=O. The predicted molar refractivity (Wildman–Crippen MR) is 13.5 cm³/mol. The fraction of sp³-hybridized carbons (Fsp3) is 0. The summed E-state index contributed by atoms with van der Waals surface area (Å²) in [6.45, 7) is 0. The molecule has 0 bridgehead atoms. The van der Waals surface area contributed by atoms with Crippen molar-refractivity contribution in [1.82, 2.24) is 5.43 Å². The maximum absolute atomic E-state index is 8.88. The van der Waals surface area contributed by atoms with E-state index in [1.165, 1.54) is 5.43 Å². The molecule has 0 unspecified atom stereocenters. The molecule has 0 fully saturated rings. The quantitative estimate of drug-likeness (QED) is 0.284. The zero-order chi connectivity index (χ0) is 3.41. The Morgan fingerprint density at radius 2 is 2.00 bits per heavy atom. The summed E-state index contributed by atoms with van der Waals surface area (Å²) in [6, 6.07) is 0. The molecule has 0 atom stereocenters. The molecule has 0 spiro atoms. The number of hydrogen-bond donors (Lipinski definition) is 1. The van der Waals surface area contributed by atoms with Gasteiger partial charge in [-0.25, -0.2) is 0 Å². The second-order valence-corrected chi connectivity index (χ2v) is 0.262. The average Bonchev–Trinajstić information content (AvgIpc) is 1.37. The summed E-state index contributed by atoms with van der Waals surface area (Å²) in [5.41, 5.74) is 1.50. The van der Waals surface area contributed by atoms with Gasteiger partial charge in [0.2, 0.25) is 0 Å². The summed E-state index contributed by atoms with van der Waals surface area (Å²) in [7, 11) is 0. The standard InChI is InChI=1S/CH3N2O.Mn/c2-3-1-4;/h1-2H,(H,3,4);/q-1;. The predicted octanol–water partition coefficient (Wildman–Crippen LogP) is -0.303. The van der Waals surface area contributed by atoms with E-state index in [0.717, 1.165) is 0 Å². The van der Waals surface area contributed by atoms with E-state index in [1.54, 1.807) is 0 Å². The maximum Gasteiger partial charge on any atom is 0.190 e. The molecule has 0 rings (SSSR count). The van der Waals surface area contributed by atoms with Crippen LogP contribution in [0.25, 0.3) is 5.84 Å². The molecule has 0 saturated carbocycles. The van der Waals surface area contributed by atoms with Crippen molar-refractivity contribution in [2.24, 2.45) is 0 Å². The van der Waals surface area contributed by atoms with Gasteiger partial charge in [0.25, 0.3) is 0 Å². The molecule has 2 N–H and O–H groups in total. The van der Waals surface area contributed by atoms with Crippen molar-refractivity contribution in [3.63, 3.8) is 0 Å². The Labute approximate surface area is 40.4 Å². The van der Waals surface area contributed by atoms with Gasteiger partial charge < -0.3 is 11.3 Å². The molecular formula is CH3MnN2O-. The fourth-order valence-electron chi connectivity index (χ4n) is 0. The topological polar surface area (TPSA) is 52.9 Å². The van der Waals surface area contributed by atoms with Crippen LogP contribution in [-0.4, -0.2) is 6.41 Å². The van der Waals surface area contributed by atoms with Gasteiger partial charge in [-0.1, -0.05) is 0 Å². The number of amides is 1. The molecule has 0 heterocycles. The van der Waals surface area contributed by atoms with Gasteiger partial charge in [-0.15, -0.1) is 0 Å². The van der Waals surface area contributed by atoms with Crippen LogP contribution < -0.4 is 5.43 Å². The van der Waals surface area contributed by atoms with Gasteiger partial charge in [0.1, 0.15) is 0 Å². The Morgan fingerprint density at radius 1 is 1.80 bits per heavy atom. The van der Waals surface area contributed by atoms with Crippen molar-refractivity contribution in [1.29, 1.82) is 0 Å². The van der Waals surface area contributed by atoms with Crippen molar-refractivity contribution in [3.8, 4) is 0 Å². The molecule has 0 saturated heterocycles. The van der Waals surface area contributed by atoms with Crippen LogP contribution in [0.3, 0.4) is 0 Å². The number of carbonyl (C=O) groups excluding carboxylic acids is 1. The summed E-state index contributed by atoms with van der Waals surface area (Å²) in [5, 5.41) is 0. The Morgan fingerprint density at radius 3 is 2.00 bits per heavy atom. The molecule has 0 aromatic heterocycles. The number of nitrogens with one attached hydrogen (secondary N) is 2. The van der Waals surface area contributed by atoms with Crippen LogP contribution in [0, 0.1) is 0 Å². The summed E-state index contributed by atoms with van der Waals surface area (Å²) in [6.07, 6.45) is 0.292. The number of rotatable bonds is 1. The third-order valence-corrected chi connectivity index (χ3v) is 0.0589. The first-order valence-corrected chi connectivity index (χ1v) is 0.774. The monoisotopic (exact) mass is 114 g/mol. The first-order valence-electron chi connectivity index (χ1n) is 0.774. The van der Waals surface area contributed by atoms with E-state index >= 15 is 0 Å². The minimum absolute atomic E-state index is 0. The van der Waals surface area contributed by atoms with Crippen molar-refractivity contribution in [2.75, 3.05) is 0 Å². The molecule has 4 heteroatoms. The van der Waals surface area contributed by atoms with Crippen LogP contribution in [0.4, 0.5) is 0 Å². The second kappa shape index (κ2) is 9.04. The molecule has 0 aromatic rings. The smallest absolute Gasteiger partial charge is 0.190 e. The van der Waals surface area contributed by atoms with Gasteiger partial charge in [-0.05, 0) is 0 Å². The minimum atomic E-state index is 0. The normalized spacial score (nSPS) is 4.20. The number of carbonyl (C=O) groups is 1. The van der Waals surface area contributed by atoms with Crippen LogP contribution in [-0.2, 0) is 21.9 Å². The molecule has 5 heavy (non-hydrogen) atoms. The van der Waals surface area contributed by atoms with Gasteiger partial charge in [-0.3, -0.25) is 4.79 Å². The largest absolute Gasteiger partial charge is 0.584 e. The van der Waals surface area contributed by atoms with Crippen LogP contribution in [0.5, 0.6) is 0 Å². The van der Waals surface area contributed by atoms with Crippen LogP contribution in [0.2, 0.25) is 0 Å². The van der Waals surface area contributed by atoms with E-state index < -0.39 is 0 Å². The molecule has 0 aliphatic carbocycles. The van der Waals surface area contributed by atoms with E-state index in [1.807, 2.05) is 0 Å². The zero-order valence-electron chi connectivity index (χ0n) is 2.36. The molecule has 1 radical (unpaired) electrons. The second-order valence-electron chi connectivity index (χ2n) is 0.262. The Bertz CT molecular complexity index is 23.6. The van der Waals surface area contributed by atoms with E-state index in [4.69, 9.17) is 10.6 Å². The molecule has 1 amide bonds. The van der Waals surface area contributed by atoms with E-state index in [2.05, 4.69) is 0 Å². The third-order valence-electron chi connectivity index (χ3n) is 0.0589. The van der Waals surface area contributed by atoms with Crippen LogP contribution in [0.1, 0.15) is 0 Å². The van der Waals surface area contributed by atoms with Crippen molar-refractivity contribution in [3.05, 3.63) is 5.84 Å². The Hall–Kier alpha value is -0.0505. The minimum Gasteiger partial charge on any atom is -0.584 e. The van der Waals surface area contributed by atoms with Crippen molar-refractivity contribution >= 4 is 6.41 Å². The average molecular weight is 114 g/mol. The van der Waals surface area contributed by atoms with Gasteiger partial charge in [0.15, 0.2) is 6.41 Å². The Balaban J connectivity index is 0.